The van der Waals surface area contributed by atoms with Crippen molar-refractivity contribution in [3.63, 3.8) is 0 Å². The lowest BCUT2D eigenvalue weighted by Gasteiger charge is -2.29. The van der Waals surface area contributed by atoms with Crippen molar-refractivity contribution in [3.05, 3.63) is 29.6 Å². The minimum Gasteiger partial charge on any atom is -0.302 e. The predicted molar refractivity (Wildman–Crippen MR) is 96.0 cm³/mol. The molecule has 172 valence electrons. The summed E-state index contributed by atoms with van der Waals surface area (Å²) >= 11 is 0. The summed E-state index contributed by atoms with van der Waals surface area (Å²) in [5, 5.41) is 2.47. The van der Waals surface area contributed by atoms with Gasteiger partial charge in [-0.15, -0.1) is 0 Å². The van der Waals surface area contributed by atoms with Crippen LogP contribution in [0.5, 0.6) is 0 Å². The third-order valence-electron chi connectivity index (χ3n) is 3.40. The quantitative estimate of drug-likeness (QED) is 0.263. The Kier molecular flexibility index (Phi) is 8.81. The van der Waals surface area contributed by atoms with E-state index in [-0.39, 0.29) is 39.3 Å². The summed E-state index contributed by atoms with van der Waals surface area (Å²) in [5.41, 5.74) is 0.584. The molecule has 1 aromatic rings. The van der Waals surface area contributed by atoms with Crippen LogP contribution >= 0.6 is 23.5 Å². The first kappa shape index (κ1) is 25.6. The highest BCUT2D eigenvalue weighted by Gasteiger charge is 2.28. The van der Waals surface area contributed by atoms with Crippen LogP contribution in [0.2, 0.25) is 0 Å². The number of nitrogens with zero attached hydrogens (tertiary/aromatic N) is 4. The molecule has 0 unspecified atom stereocenters. The highest BCUT2D eigenvalue weighted by atomic mass is 31.2. The van der Waals surface area contributed by atoms with Gasteiger partial charge in [0, 0.05) is 26.2 Å². The molecule has 2 bridgehead atoms. The molecule has 6 N–H and O–H groups in total. The molecule has 19 heteroatoms. The van der Waals surface area contributed by atoms with Crippen molar-refractivity contribution >= 4 is 23.5 Å². The van der Waals surface area contributed by atoms with Crippen LogP contribution in [-0.2, 0) is 40.7 Å². The Balaban J connectivity index is 2.32. The Morgan fingerprint density at radius 2 is 1.00 bits per heavy atom. The zero-order valence-corrected chi connectivity index (χ0v) is 17.9. The zero-order chi connectivity index (χ0) is 22.6. The van der Waals surface area contributed by atoms with E-state index in [1.54, 1.807) is 6.07 Å². The molecule has 2 rings (SSSR count). The molecule has 30 heavy (non-hydrogen) atoms. The first-order valence-corrected chi connectivity index (χ1v) is 12.7. The second-order valence-electron chi connectivity index (χ2n) is 5.99. The Bertz CT molecular complexity index is 802. The van der Waals surface area contributed by atoms with Gasteiger partial charge in [-0.2, -0.15) is 29.1 Å². The molecule has 0 fully saturated rings. The summed E-state index contributed by atoms with van der Waals surface area (Å²) in [6, 6.07) is 4.60. The van der Waals surface area contributed by atoms with Gasteiger partial charge in [0.25, 0.3) is 0 Å². The predicted octanol–water partition coefficient (Wildman–Crippen LogP) is -0.926. The molecule has 0 saturated carbocycles. The third kappa shape index (κ3) is 10.6. The minimum absolute atomic E-state index is 0.220. The molecule has 1 aliphatic heterocycles. The Morgan fingerprint density at radius 3 is 1.37 bits per heavy atom. The van der Waals surface area contributed by atoms with Crippen molar-refractivity contribution in [3.8, 4) is 0 Å². The molecule has 16 nitrogen and oxygen atoms in total. The van der Waals surface area contributed by atoms with Crippen molar-refractivity contribution in [2.24, 2.45) is 0 Å². The van der Waals surface area contributed by atoms with Crippen LogP contribution in [0.1, 0.15) is 11.4 Å². The molecule has 0 atom stereocenters. The zero-order valence-electron chi connectivity index (χ0n) is 15.2. The summed E-state index contributed by atoms with van der Waals surface area (Å²) in [6.07, 6.45) is 0. The standard InChI is InChI=1S/C11H21N4O12P3/c16-28(17,18)25-13-4-6-14(26-29(19,20)21)8-10-2-1-3-11(12-10)9-15(7-5-13)27-30(22,23)24/h1-3H,4-9H2,(H2,16,17,18)(H2,19,20,21)(H2,22,23,24). The van der Waals surface area contributed by atoms with Crippen molar-refractivity contribution in [2.75, 3.05) is 26.2 Å². The fraction of sp³-hybridized carbons (Fsp3) is 0.545. The van der Waals surface area contributed by atoms with E-state index in [2.05, 4.69) is 18.9 Å². The number of rotatable bonds is 6. The summed E-state index contributed by atoms with van der Waals surface area (Å²) < 4.78 is 47.4. The normalized spacial score (nSPS) is 19.3. The lowest BCUT2D eigenvalue weighted by atomic mass is 10.3. The lowest BCUT2D eigenvalue weighted by molar-refractivity contribution is -0.149. The van der Waals surface area contributed by atoms with Gasteiger partial charge in [0.1, 0.15) is 0 Å². The van der Waals surface area contributed by atoms with E-state index in [1.807, 2.05) is 0 Å². The summed E-state index contributed by atoms with van der Waals surface area (Å²) in [5.74, 6) is 0. The summed E-state index contributed by atoms with van der Waals surface area (Å²) in [6.45, 7) is -1.63. The molecule has 0 spiro atoms. The number of hydroxylamine groups is 6. The molecule has 0 aromatic carbocycles. The van der Waals surface area contributed by atoms with Gasteiger partial charge < -0.3 is 29.4 Å². The molecule has 0 amide bonds. The number of aromatic nitrogens is 1. The highest BCUT2D eigenvalue weighted by Crippen LogP contribution is 2.40. The monoisotopic (exact) mass is 494 g/mol. The van der Waals surface area contributed by atoms with E-state index in [4.69, 9.17) is 29.4 Å². The fourth-order valence-corrected chi connectivity index (χ4v) is 3.80. The summed E-state index contributed by atoms with van der Waals surface area (Å²) in [4.78, 5) is 58.7. The fourth-order valence-electron chi connectivity index (χ4n) is 2.46. The van der Waals surface area contributed by atoms with E-state index < -0.39 is 23.5 Å². The molecule has 0 saturated heterocycles. The van der Waals surface area contributed by atoms with Crippen LogP contribution in [0.25, 0.3) is 0 Å². The van der Waals surface area contributed by atoms with Gasteiger partial charge in [0.15, 0.2) is 0 Å². The van der Waals surface area contributed by atoms with Gasteiger partial charge in [-0.25, -0.2) is 13.7 Å². The topological polar surface area (TPSA) is 223 Å². The molecular weight excluding hydrogens is 473 g/mol. The van der Waals surface area contributed by atoms with Gasteiger partial charge in [-0.3, -0.25) is 4.98 Å². The van der Waals surface area contributed by atoms with Gasteiger partial charge in [0.2, 0.25) is 0 Å². The average molecular weight is 494 g/mol. The molecular formula is C11H21N4O12P3. The number of hydrogen-bond donors (Lipinski definition) is 6. The minimum atomic E-state index is -5.00. The maximum Gasteiger partial charge on any atom is 0.486 e. The maximum atomic E-state index is 11.2. The third-order valence-corrected chi connectivity index (χ3v) is 4.74. The molecule has 0 radical (unpaired) electrons. The Hall–Kier alpha value is -0.640. The molecule has 0 aliphatic carbocycles. The highest BCUT2D eigenvalue weighted by molar-refractivity contribution is 7.46. The van der Waals surface area contributed by atoms with E-state index >= 15 is 0 Å². The van der Waals surface area contributed by atoms with Crippen LogP contribution < -0.4 is 0 Å². The maximum absolute atomic E-state index is 11.2. The number of phosphoric acid groups is 3. The van der Waals surface area contributed by atoms with Crippen molar-refractivity contribution < 1.29 is 56.9 Å². The Morgan fingerprint density at radius 1 is 0.667 bits per heavy atom. The average Bonchev–Trinajstić information content (AvgIpc) is 2.52. The van der Waals surface area contributed by atoms with Gasteiger partial charge in [-0.05, 0) is 12.1 Å². The van der Waals surface area contributed by atoms with Crippen LogP contribution in [0.15, 0.2) is 18.2 Å². The van der Waals surface area contributed by atoms with Crippen LogP contribution in [0, 0.1) is 0 Å². The van der Waals surface area contributed by atoms with Crippen LogP contribution in [0.4, 0.5) is 0 Å². The van der Waals surface area contributed by atoms with Gasteiger partial charge in [0.05, 0.1) is 24.5 Å². The first-order valence-electron chi connectivity index (χ1n) is 8.14. The summed E-state index contributed by atoms with van der Waals surface area (Å²) in [7, 11) is -14.9. The van der Waals surface area contributed by atoms with Gasteiger partial charge in [-0.1, -0.05) is 6.07 Å². The van der Waals surface area contributed by atoms with E-state index in [1.165, 1.54) is 12.1 Å². The van der Waals surface area contributed by atoms with Crippen molar-refractivity contribution in [1.82, 2.24) is 20.2 Å². The molecule has 1 aromatic heterocycles. The van der Waals surface area contributed by atoms with Crippen LogP contribution in [0.3, 0.4) is 0 Å². The van der Waals surface area contributed by atoms with E-state index in [0.717, 1.165) is 15.2 Å². The second kappa shape index (κ2) is 10.3. The Labute approximate surface area is 170 Å². The van der Waals surface area contributed by atoms with E-state index in [0.29, 0.717) is 11.4 Å². The van der Waals surface area contributed by atoms with E-state index in [9.17, 15) is 13.7 Å². The van der Waals surface area contributed by atoms with Crippen molar-refractivity contribution in [2.45, 2.75) is 13.1 Å². The molecule has 1 aliphatic rings. The van der Waals surface area contributed by atoms with Crippen LogP contribution in [-0.4, -0.2) is 75.7 Å². The van der Waals surface area contributed by atoms with Crippen molar-refractivity contribution in [1.29, 1.82) is 0 Å². The molecule has 2 heterocycles. The number of fused-ring (bicyclic) bond motifs is 2. The lowest BCUT2D eigenvalue weighted by Crippen LogP contribution is -2.39. The largest absolute Gasteiger partial charge is 0.486 e. The number of hydrogen-bond acceptors (Lipinski definition) is 10. The van der Waals surface area contributed by atoms with Gasteiger partial charge >= 0.3 is 23.5 Å². The first-order chi connectivity index (χ1) is 13.7. The smallest absolute Gasteiger partial charge is 0.302 e. The second-order valence-corrected chi connectivity index (χ2v) is 9.43. The SMILES string of the molecule is O=P(O)(O)ON1CCN(OP(=O)(O)O)Cc2cccc(n2)CN(OP(=O)(O)O)CC1. The number of pyridine rings is 1.